The van der Waals surface area contributed by atoms with Crippen molar-refractivity contribution < 1.29 is 43.1 Å². The van der Waals surface area contributed by atoms with Gasteiger partial charge >= 0.3 is 29.6 Å². The van der Waals surface area contributed by atoms with Crippen molar-refractivity contribution in [3.8, 4) is 0 Å². The van der Waals surface area contributed by atoms with Gasteiger partial charge in [-0.1, -0.05) is 28.1 Å². The number of halogens is 1. The van der Waals surface area contributed by atoms with Crippen molar-refractivity contribution in [2.45, 2.75) is 6.92 Å². The molecule has 8 heteroatoms. The molecule has 0 bridgehead atoms. The standard InChI is InChI=1S/C14H12BrNO3S2.Na/c1-10-2-3-12(13(15)8-10)14(17)16-21(18,19)7-5-11-4-6-20-9-11;/h2-9H,1H3,(H,16,17);/q;+1/p-1/b7-5+;. The largest absolute Gasteiger partial charge is 1.00 e. The van der Waals surface area contributed by atoms with Crippen LogP contribution in [0.3, 0.4) is 0 Å². The predicted molar refractivity (Wildman–Crippen MR) is 87.7 cm³/mol. The molecule has 2 aromatic rings. The van der Waals surface area contributed by atoms with Crippen LogP contribution in [0, 0.1) is 6.92 Å². The molecule has 0 aliphatic heterocycles. The summed E-state index contributed by atoms with van der Waals surface area (Å²) in [6.45, 7) is 1.87. The maximum Gasteiger partial charge on any atom is 1.00 e. The van der Waals surface area contributed by atoms with Crippen molar-refractivity contribution in [2.24, 2.45) is 4.40 Å². The maximum atomic E-state index is 11.9. The smallest absolute Gasteiger partial charge is 0.858 e. The second-order valence-electron chi connectivity index (χ2n) is 4.25. The monoisotopic (exact) mass is 407 g/mol. The van der Waals surface area contributed by atoms with Gasteiger partial charge < -0.3 is 5.11 Å². The first-order valence-electron chi connectivity index (χ1n) is 5.86. The van der Waals surface area contributed by atoms with E-state index < -0.39 is 15.9 Å². The van der Waals surface area contributed by atoms with Crippen molar-refractivity contribution in [2.75, 3.05) is 0 Å². The van der Waals surface area contributed by atoms with Gasteiger partial charge in [0.2, 0.25) is 0 Å². The Morgan fingerprint density at radius 1 is 1.36 bits per heavy atom. The number of aryl methyl sites for hydroxylation is 1. The summed E-state index contributed by atoms with van der Waals surface area (Å²) in [7, 11) is -3.95. The van der Waals surface area contributed by atoms with Crippen LogP contribution in [0.15, 0.2) is 49.3 Å². The Balaban J connectivity index is 0.00000242. The first kappa shape index (κ1) is 19.6. The molecule has 2 rings (SSSR count). The minimum Gasteiger partial charge on any atom is -0.858 e. The van der Waals surface area contributed by atoms with Crippen LogP contribution >= 0.6 is 27.3 Å². The van der Waals surface area contributed by atoms with Gasteiger partial charge in [-0.2, -0.15) is 24.2 Å². The SMILES string of the molecule is Cc1ccc(/C([O-])=N/S(=O)(=O)/C=C/c2ccsc2)c(Br)c1.[Na+]. The van der Waals surface area contributed by atoms with Gasteiger partial charge in [-0.3, -0.25) is 0 Å². The fourth-order valence-electron chi connectivity index (χ4n) is 1.52. The molecule has 0 spiro atoms. The van der Waals surface area contributed by atoms with Gasteiger partial charge in [-0.15, -0.1) is 0 Å². The molecule has 0 fully saturated rings. The summed E-state index contributed by atoms with van der Waals surface area (Å²) >= 11 is 4.69. The minimum atomic E-state index is -3.95. The summed E-state index contributed by atoms with van der Waals surface area (Å²) in [5.74, 6) is -0.795. The van der Waals surface area contributed by atoms with E-state index in [0.717, 1.165) is 16.5 Å². The van der Waals surface area contributed by atoms with Crippen LogP contribution in [-0.2, 0) is 10.0 Å². The molecule has 0 radical (unpaired) electrons. The molecule has 0 saturated carbocycles. The normalized spacial score (nSPS) is 12.4. The van der Waals surface area contributed by atoms with E-state index in [1.807, 2.05) is 12.3 Å². The number of hydrogen-bond donors (Lipinski definition) is 0. The predicted octanol–water partition coefficient (Wildman–Crippen LogP) is -0.0694. The minimum absolute atomic E-state index is 0. The zero-order valence-corrected chi connectivity index (χ0v) is 17.2. The van der Waals surface area contributed by atoms with Crippen LogP contribution in [0.1, 0.15) is 16.7 Å². The van der Waals surface area contributed by atoms with Gasteiger partial charge in [0.1, 0.15) is 0 Å². The summed E-state index contributed by atoms with van der Waals surface area (Å²) in [4.78, 5) is 0. The van der Waals surface area contributed by atoms with E-state index in [2.05, 4.69) is 20.3 Å². The third-order valence-electron chi connectivity index (χ3n) is 2.54. The second-order valence-corrected chi connectivity index (χ2v) is 7.37. The molecule has 0 N–H and O–H groups in total. The third-order valence-corrected chi connectivity index (χ3v) is 4.80. The van der Waals surface area contributed by atoms with Gasteiger partial charge in [0.25, 0.3) is 10.0 Å². The van der Waals surface area contributed by atoms with Crippen LogP contribution in [0.5, 0.6) is 0 Å². The topological polar surface area (TPSA) is 69.6 Å². The molecule has 0 aliphatic rings. The molecule has 0 atom stereocenters. The Bertz CT molecular complexity index is 800. The summed E-state index contributed by atoms with van der Waals surface area (Å²) in [6, 6.07) is 6.77. The molecule has 4 nitrogen and oxygen atoms in total. The fraction of sp³-hybridized carbons (Fsp3) is 0.0714. The molecule has 1 aromatic carbocycles. The average Bonchev–Trinajstić information content (AvgIpc) is 2.88. The number of sulfonamides is 1. The average molecular weight is 408 g/mol. The molecule has 110 valence electrons. The second kappa shape index (κ2) is 8.42. The van der Waals surface area contributed by atoms with Crippen molar-refractivity contribution in [3.05, 3.63) is 61.6 Å². The van der Waals surface area contributed by atoms with E-state index in [4.69, 9.17) is 0 Å². The molecular formula is C14H11BrNNaO3S2. The maximum absolute atomic E-state index is 11.9. The Labute approximate surface area is 164 Å². The Morgan fingerprint density at radius 3 is 2.68 bits per heavy atom. The number of nitrogens with zero attached hydrogens (tertiary/aromatic N) is 1. The third kappa shape index (κ3) is 5.64. The van der Waals surface area contributed by atoms with E-state index in [1.165, 1.54) is 17.4 Å². The molecule has 0 unspecified atom stereocenters. The molecule has 1 heterocycles. The Kier molecular flexibility index (Phi) is 7.51. The van der Waals surface area contributed by atoms with E-state index in [0.29, 0.717) is 4.47 Å². The van der Waals surface area contributed by atoms with Crippen LogP contribution in [0.25, 0.3) is 6.08 Å². The molecule has 1 aromatic heterocycles. The summed E-state index contributed by atoms with van der Waals surface area (Å²) in [5, 5.41) is 16.5. The van der Waals surface area contributed by atoms with Crippen LogP contribution in [0.2, 0.25) is 0 Å². The van der Waals surface area contributed by atoms with Crippen molar-refractivity contribution >= 4 is 49.3 Å². The zero-order chi connectivity index (χ0) is 15.5. The molecule has 22 heavy (non-hydrogen) atoms. The van der Waals surface area contributed by atoms with E-state index >= 15 is 0 Å². The number of benzene rings is 1. The van der Waals surface area contributed by atoms with Crippen molar-refractivity contribution in [3.63, 3.8) is 0 Å². The Morgan fingerprint density at radius 2 is 2.09 bits per heavy atom. The van der Waals surface area contributed by atoms with Gasteiger partial charge in [-0.05, 0) is 47.0 Å². The van der Waals surface area contributed by atoms with Crippen LogP contribution < -0.4 is 34.7 Å². The molecule has 0 saturated heterocycles. The molecule has 0 amide bonds. The molecule has 0 aliphatic carbocycles. The number of hydrogen-bond acceptors (Lipinski definition) is 4. The summed E-state index contributed by atoms with van der Waals surface area (Å²) < 4.78 is 27.4. The first-order valence-corrected chi connectivity index (χ1v) is 9.10. The van der Waals surface area contributed by atoms with Crippen LogP contribution in [0.4, 0.5) is 0 Å². The zero-order valence-electron chi connectivity index (χ0n) is 12.0. The number of thiophene rings is 1. The van der Waals surface area contributed by atoms with E-state index in [-0.39, 0.29) is 35.1 Å². The van der Waals surface area contributed by atoms with Gasteiger partial charge in [0.15, 0.2) is 0 Å². The van der Waals surface area contributed by atoms with Crippen molar-refractivity contribution in [1.82, 2.24) is 0 Å². The summed E-state index contributed by atoms with van der Waals surface area (Å²) in [5.41, 5.74) is 1.93. The van der Waals surface area contributed by atoms with E-state index in [1.54, 1.807) is 29.6 Å². The molecular weight excluding hydrogens is 397 g/mol. The number of rotatable bonds is 4. The van der Waals surface area contributed by atoms with Crippen molar-refractivity contribution in [1.29, 1.82) is 0 Å². The Hall–Kier alpha value is -0.440. The van der Waals surface area contributed by atoms with Gasteiger partial charge in [0, 0.05) is 15.9 Å². The van der Waals surface area contributed by atoms with E-state index in [9.17, 15) is 13.5 Å². The van der Waals surface area contributed by atoms with Crippen LogP contribution in [-0.4, -0.2) is 14.3 Å². The summed E-state index contributed by atoms with van der Waals surface area (Å²) in [6.07, 6.45) is 1.41. The first-order chi connectivity index (χ1) is 9.87. The quantitative estimate of drug-likeness (QED) is 0.404. The van der Waals surface area contributed by atoms with Gasteiger partial charge in [0.05, 0.1) is 5.41 Å². The van der Waals surface area contributed by atoms with Gasteiger partial charge in [-0.25, -0.2) is 0 Å². The fourth-order valence-corrected chi connectivity index (χ4v) is 3.53.